The number of anilines is 1. The second-order valence-electron chi connectivity index (χ2n) is 4.84. The minimum absolute atomic E-state index is 0.111. The largest absolute Gasteiger partial charge is 0.385 e. The standard InChI is InChI=1S/C16H20N4O/c1-3-7-18-14-6-9-19-15(10-14)16(21)20-12(2)13-5-4-8-17-11-13/h4-6,8-12H,3,7H2,1-2H3,(H,18,19)(H,20,21). The smallest absolute Gasteiger partial charge is 0.270 e. The highest BCUT2D eigenvalue weighted by Gasteiger charge is 2.12. The first-order chi connectivity index (χ1) is 10.2. The van der Waals surface area contributed by atoms with Crippen LogP contribution in [0.25, 0.3) is 0 Å². The molecule has 110 valence electrons. The highest BCUT2D eigenvalue weighted by atomic mass is 16.1. The van der Waals surface area contributed by atoms with E-state index in [9.17, 15) is 4.79 Å². The summed E-state index contributed by atoms with van der Waals surface area (Å²) in [5, 5.41) is 6.17. The van der Waals surface area contributed by atoms with Gasteiger partial charge >= 0.3 is 0 Å². The van der Waals surface area contributed by atoms with E-state index >= 15 is 0 Å². The number of hydrogen-bond donors (Lipinski definition) is 2. The van der Waals surface area contributed by atoms with Crippen molar-refractivity contribution in [2.45, 2.75) is 26.3 Å². The molecule has 0 saturated carbocycles. The van der Waals surface area contributed by atoms with Crippen LogP contribution in [-0.2, 0) is 0 Å². The van der Waals surface area contributed by atoms with Gasteiger partial charge in [-0.1, -0.05) is 13.0 Å². The molecule has 0 radical (unpaired) electrons. The zero-order chi connectivity index (χ0) is 15.1. The van der Waals surface area contributed by atoms with Gasteiger partial charge in [-0.05, 0) is 37.1 Å². The molecule has 21 heavy (non-hydrogen) atoms. The third kappa shape index (κ3) is 4.27. The molecule has 1 atom stereocenters. The van der Waals surface area contributed by atoms with E-state index in [1.807, 2.05) is 25.1 Å². The maximum Gasteiger partial charge on any atom is 0.270 e. The van der Waals surface area contributed by atoms with Gasteiger partial charge in [-0.15, -0.1) is 0 Å². The molecule has 0 fully saturated rings. The molecule has 5 nitrogen and oxygen atoms in total. The maximum atomic E-state index is 12.2. The van der Waals surface area contributed by atoms with Crippen molar-refractivity contribution in [3.63, 3.8) is 0 Å². The first-order valence-electron chi connectivity index (χ1n) is 7.11. The molecule has 0 aliphatic heterocycles. The summed E-state index contributed by atoms with van der Waals surface area (Å²) in [5.74, 6) is -0.188. The van der Waals surface area contributed by atoms with E-state index in [-0.39, 0.29) is 11.9 Å². The Morgan fingerprint density at radius 2 is 2.19 bits per heavy atom. The van der Waals surface area contributed by atoms with Crippen LogP contribution in [-0.4, -0.2) is 22.4 Å². The number of pyridine rings is 2. The minimum Gasteiger partial charge on any atom is -0.385 e. The van der Waals surface area contributed by atoms with Crippen LogP contribution < -0.4 is 10.6 Å². The summed E-state index contributed by atoms with van der Waals surface area (Å²) >= 11 is 0. The van der Waals surface area contributed by atoms with Crippen molar-refractivity contribution in [3.8, 4) is 0 Å². The number of carbonyl (C=O) groups excluding carboxylic acids is 1. The third-order valence-corrected chi connectivity index (χ3v) is 3.10. The van der Waals surface area contributed by atoms with Crippen molar-refractivity contribution in [2.24, 2.45) is 0 Å². The molecule has 1 amide bonds. The zero-order valence-electron chi connectivity index (χ0n) is 12.3. The Hall–Kier alpha value is -2.43. The van der Waals surface area contributed by atoms with Crippen LogP contribution in [0.2, 0.25) is 0 Å². The van der Waals surface area contributed by atoms with E-state index in [1.54, 1.807) is 24.7 Å². The van der Waals surface area contributed by atoms with Gasteiger partial charge < -0.3 is 10.6 Å². The molecule has 0 aromatic carbocycles. The van der Waals surface area contributed by atoms with E-state index in [0.29, 0.717) is 5.69 Å². The van der Waals surface area contributed by atoms with Crippen molar-refractivity contribution in [1.82, 2.24) is 15.3 Å². The molecule has 2 aromatic rings. The molecule has 0 saturated heterocycles. The Labute approximate surface area is 124 Å². The van der Waals surface area contributed by atoms with Gasteiger partial charge in [0.25, 0.3) is 5.91 Å². The third-order valence-electron chi connectivity index (χ3n) is 3.10. The molecule has 0 aliphatic carbocycles. The van der Waals surface area contributed by atoms with Gasteiger partial charge in [0.05, 0.1) is 6.04 Å². The molecule has 5 heteroatoms. The lowest BCUT2D eigenvalue weighted by molar-refractivity contribution is 0.0935. The van der Waals surface area contributed by atoms with Gasteiger partial charge in [-0.3, -0.25) is 14.8 Å². The predicted molar refractivity (Wildman–Crippen MR) is 83.1 cm³/mol. The van der Waals surface area contributed by atoms with Gasteiger partial charge in [-0.25, -0.2) is 0 Å². The molecule has 1 unspecified atom stereocenters. The zero-order valence-corrected chi connectivity index (χ0v) is 12.3. The van der Waals surface area contributed by atoms with Gasteiger partial charge in [-0.2, -0.15) is 0 Å². The van der Waals surface area contributed by atoms with E-state index < -0.39 is 0 Å². The summed E-state index contributed by atoms with van der Waals surface area (Å²) in [4.78, 5) is 20.4. The Morgan fingerprint density at radius 1 is 1.33 bits per heavy atom. The summed E-state index contributed by atoms with van der Waals surface area (Å²) in [7, 11) is 0. The Morgan fingerprint density at radius 3 is 2.90 bits per heavy atom. The van der Waals surface area contributed by atoms with Gasteiger partial charge in [0.15, 0.2) is 0 Å². The molecule has 0 aliphatic rings. The first-order valence-corrected chi connectivity index (χ1v) is 7.11. The molecular formula is C16H20N4O. The first kappa shape index (κ1) is 15.0. The van der Waals surface area contributed by atoms with Crippen molar-refractivity contribution in [1.29, 1.82) is 0 Å². The number of carbonyl (C=O) groups is 1. The lowest BCUT2D eigenvalue weighted by atomic mass is 10.1. The van der Waals surface area contributed by atoms with Gasteiger partial charge in [0, 0.05) is 30.8 Å². The normalized spacial score (nSPS) is 11.7. The molecule has 0 bridgehead atoms. The van der Waals surface area contributed by atoms with Gasteiger partial charge in [0.1, 0.15) is 5.69 Å². The summed E-state index contributed by atoms with van der Waals surface area (Å²) in [6, 6.07) is 7.30. The molecule has 2 aromatic heterocycles. The fraction of sp³-hybridized carbons (Fsp3) is 0.312. The van der Waals surface area contributed by atoms with Crippen LogP contribution in [0.4, 0.5) is 5.69 Å². The highest BCUT2D eigenvalue weighted by molar-refractivity contribution is 5.93. The van der Waals surface area contributed by atoms with E-state index in [4.69, 9.17) is 0 Å². The predicted octanol–water partition coefficient (Wildman–Crippen LogP) is 2.79. The average Bonchev–Trinajstić information content (AvgIpc) is 2.54. The Kier molecular flexibility index (Phi) is 5.26. The molecule has 2 heterocycles. The molecule has 2 N–H and O–H groups in total. The molecule has 2 rings (SSSR count). The number of rotatable bonds is 6. The van der Waals surface area contributed by atoms with Crippen LogP contribution in [0.5, 0.6) is 0 Å². The molecule has 0 spiro atoms. The summed E-state index contributed by atoms with van der Waals surface area (Å²) in [6.45, 7) is 4.89. The van der Waals surface area contributed by atoms with Crippen LogP contribution in [0.1, 0.15) is 42.4 Å². The van der Waals surface area contributed by atoms with Crippen molar-refractivity contribution in [3.05, 3.63) is 54.1 Å². The van der Waals surface area contributed by atoms with Crippen LogP contribution in [0.15, 0.2) is 42.9 Å². The number of hydrogen-bond acceptors (Lipinski definition) is 4. The lowest BCUT2D eigenvalue weighted by Crippen LogP contribution is -2.27. The quantitative estimate of drug-likeness (QED) is 0.856. The van der Waals surface area contributed by atoms with Gasteiger partial charge in [0.2, 0.25) is 0 Å². The monoisotopic (exact) mass is 284 g/mol. The number of nitrogens with one attached hydrogen (secondary N) is 2. The number of amides is 1. The van der Waals surface area contributed by atoms with Crippen molar-refractivity contribution in [2.75, 3.05) is 11.9 Å². The van der Waals surface area contributed by atoms with Crippen molar-refractivity contribution < 1.29 is 4.79 Å². The van der Waals surface area contributed by atoms with E-state index in [2.05, 4.69) is 27.5 Å². The lowest BCUT2D eigenvalue weighted by Gasteiger charge is -2.14. The van der Waals surface area contributed by atoms with E-state index in [0.717, 1.165) is 24.2 Å². The minimum atomic E-state index is -0.188. The Balaban J connectivity index is 2.03. The highest BCUT2D eigenvalue weighted by Crippen LogP contribution is 2.12. The fourth-order valence-corrected chi connectivity index (χ4v) is 1.92. The van der Waals surface area contributed by atoms with Crippen molar-refractivity contribution >= 4 is 11.6 Å². The number of aromatic nitrogens is 2. The van der Waals surface area contributed by atoms with E-state index in [1.165, 1.54) is 0 Å². The summed E-state index contributed by atoms with van der Waals surface area (Å²) in [6.07, 6.45) is 6.13. The fourth-order valence-electron chi connectivity index (χ4n) is 1.92. The molecular weight excluding hydrogens is 264 g/mol. The number of nitrogens with zero attached hydrogens (tertiary/aromatic N) is 2. The maximum absolute atomic E-state index is 12.2. The SMILES string of the molecule is CCCNc1ccnc(C(=O)NC(C)c2cccnc2)c1. The topological polar surface area (TPSA) is 66.9 Å². The Bertz CT molecular complexity index is 586. The average molecular weight is 284 g/mol. The summed E-state index contributed by atoms with van der Waals surface area (Å²) in [5.41, 5.74) is 2.28. The van der Waals surface area contributed by atoms with Crippen LogP contribution in [0, 0.1) is 0 Å². The van der Waals surface area contributed by atoms with Crippen LogP contribution in [0.3, 0.4) is 0 Å². The second-order valence-corrected chi connectivity index (χ2v) is 4.84. The second kappa shape index (κ2) is 7.38. The summed E-state index contributed by atoms with van der Waals surface area (Å²) < 4.78 is 0. The van der Waals surface area contributed by atoms with Crippen LogP contribution >= 0.6 is 0 Å².